The summed E-state index contributed by atoms with van der Waals surface area (Å²) in [6.45, 7) is 2.93. The number of alkyl halides is 1. The van der Waals surface area contributed by atoms with Gasteiger partial charge in [-0.05, 0) is 25.1 Å². The van der Waals surface area contributed by atoms with Crippen molar-refractivity contribution in [2.45, 2.75) is 12.3 Å². The number of rotatable bonds is 2. The molecule has 0 bridgehead atoms. The second kappa shape index (κ2) is 4.99. The van der Waals surface area contributed by atoms with Crippen LogP contribution in [0.1, 0.15) is 22.5 Å². The van der Waals surface area contributed by atoms with Gasteiger partial charge in [-0.3, -0.25) is 0 Å². The molecule has 19 heavy (non-hydrogen) atoms. The fraction of sp³-hybridized carbons (Fsp3) is 0.286. The van der Waals surface area contributed by atoms with Crippen LogP contribution < -0.4 is 9.47 Å². The van der Waals surface area contributed by atoms with Gasteiger partial charge in [0.1, 0.15) is 30.1 Å². The molecule has 0 aliphatic carbocycles. The van der Waals surface area contributed by atoms with Crippen molar-refractivity contribution in [2.24, 2.45) is 0 Å². The van der Waals surface area contributed by atoms with Gasteiger partial charge in [0.25, 0.3) is 0 Å². The summed E-state index contributed by atoms with van der Waals surface area (Å²) in [7, 11) is 0. The highest BCUT2D eigenvalue weighted by molar-refractivity contribution is 6.33. The van der Waals surface area contributed by atoms with Gasteiger partial charge in [0.15, 0.2) is 11.5 Å². The molecule has 1 aliphatic rings. The predicted octanol–water partition coefficient (Wildman–Crippen LogP) is 4.34. The van der Waals surface area contributed by atoms with Crippen molar-refractivity contribution in [3.05, 3.63) is 46.4 Å². The summed E-state index contributed by atoms with van der Waals surface area (Å²) in [5, 5.41) is 0.0929. The molecule has 2 heterocycles. The van der Waals surface area contributed by atoms with E-state index in [0.717, 1.165) is 11.3 Å². The molecule has 3 rings (SSSR count). The Morgan fingerprint density at radius 1 is 1.11 bits per heavy atom. The Balaban J connectivity index is 2.00. The van der Waals surface area contributed by atoms with E-state index in [4.69, 9.17) is 37.1 Å². The standard InChI is InChI=1S/C14H12Cl2O3/c1-8-2-3-11(19-8)14(16)9-6-12-13(7-10(9)15)18-5-4-17-12/h2-3,6-7,14H,4-5H2,1H3. The Labute approximate surface area is 121 Å². The SMILES string of the molecule is Cc1ccc(C(Cl)c2cc3c(cc2Cl)OCCO3)o1. The number of halogens is 2. The molecule has 1 unspecified atom stereocenters. The van der Waals surface area contributed by atoms with Crippen LogP contribution in [0.25, 0.3) is 0 Å². The molecule has 0 amide bonds. The van der Waals surface area contributed by atoms with Crippen molar-refractivity contribution in [3.63, 3.8) is 0 Å². The van der Waals surface area contributed by atoms with Crippen LogP contribution in [0.3, 0.4) is 0 Å². The maximum atomic E-state index is 6.42. The van der Waals surface area contributed by atoms with Crippen molar-refractivity contribution in [2.75, 3.05) is 13.2 Å². The zero-order valence-electron chi connectivity index (χ0n) is 10.3. The summed E-state index contributed by atoms with van der Waals surface area (Å²) in [4.78, 5) is 0. The average Bonchev–Trinajstić information content (AvgIpc) is 2.84. The number of ether oxygens (including phenoxy) is 2. The minimum Gasteiger partial charge on any atom is -0.486 e. The van der Waals surface area contributed by atoms with E-state index in [9.17, 15) is 0 Å². The van der Waals surface area contributed by atoms with E-state index >= 15 is 0 Å². The van der Waals surface area contributed by atoms with Crippen molar-refractivity contribution in [1.29, 1.82) is 0 Å². The van der Waals surface area contributed by atoms with Gasteiger partial charge in [0.05, 0.1) is 0 Å². The first-order valence-electron chi connectivity index (χ1n) is 5.94. The summed E-state index contributed by atoms with van der Waals surface area (Å²) in [6.07, 6.45) is 0. The van der Waals surface area contributed by atoms with Gasteiger partial charge in [-0.2, -0.15) is 0 Å². The molecule has 0 spiro atoms. The molecule has 3 nitrogen and oxygen atoms in total. The summed E-state index contributed by atoms with van der Waals surface area (Å²) >= 11 is 12.7. The molecular weight excluding hydrogens is 287 g/mol. The first-order valence-corrected chi connectivity index (χ1v) is 6.76. The molecule has 1 aliphatic heterocycles. The number of hydrogen-bond acceptors (Lipinski definition) is 3. The van der Waals surface area contributed by atoms with Crippen molar-refractivity contribution >= 4 is 23.2 Å². The van der Waals surface area contributed by atoms with E-state index in [1.54, 1.807) is 6.07 Å². The van der Waals surface area contributed by atoms with Gasteiger partial charge < -0.3 is 13.9 Å². The van der Waals surface area contributed by atoms with Crippen LogP contribution >= 0.6 is 23.2 Å². The molecule has 2 aromatic rings. The third-order valence-corrected chi connectivity index (χ3v) is 3.72. The Bertz CT molecular complexity index is 607. The number of benzene rings is 1. The molecule has 0 saturated heterocycles. The van der Waals surface area contributed by atoms with Crippen LogP contribution in [0.15, 0.2) is 28.7 Å². The van der Waals surface area contributed by atoms with E-state index in [1.165, 1.54) is 0 Å². The Kier molecular flexibility index (Phi) is 3.33. The molecule has 1 atom stereocenters. The topological polar surface area (TPSA) is 31.6 Å². The Morgan fingerprint density at radius 3 is 2.42 bits per heavy atom. The van der Waals surface area contributed by atoms with Crippen LogP contribution in [-0.2, 0) is 0 Å². The molecule has 100 valence electrons. The first kappa shape index (κ1) is 12.7. The highest BCUT2D eigenvalue weighted by atomic mass is 35.5. The first-order chi connectivity index (χ1) is 9.15. The predicted molar refractivity (Wildman–Crippen MR) is 73.6 cm³/mol. The molecular formula is C14H12Cl2O3. The average molecular weight is 299 g/mol. The van der Waals surface area contributed by atoms with Crippen molar-refractivity contribution in [3.8, 4) is 11.5 Å². The highest BCUT2D eigenvalue weighted by Crippen LogP contribution is 2.41. The van der Waals surface area contributed by atoms with E-state index < -0.39 is 5.38 Å². The zero-order chi connectivity index (χ0) is 13.4. The van der Waals surface area contributed by atoms with E-state index in [2.05, 4.69) is 0 Å². The van der Waals surface area contributed by atoms with Crippen molar-refractivity contribution in [1.82, 2.24) is 0 Å². The molecule has 0 saturated carbocycles. The van der Waals surface area contributed by atoms with Crippen LogP contribution in [0.4, 0.5) is 0 Å². The number of furan rings is 1. The van der Waals surface area contributed by atoms with Gasteiger partial charge in [-0.15, -0.1) is 11.6 Å². The summed E-state index contributed by atoms with van der Waals surface area (Å²) in [5.74, 6) is 2.80. The quantitative estimate of drug-likeness (QED) is 0.773. The lowest BCUT2D eigenvalue weighted by molar-refractivity contribution is 0.171. The molecule has 0 radical (unpaired) electrons. The Morgan fingerprint density at radius 2 is 1.79 bits per heavy atom. The largest absolute Gasteiger partial charge is 0.486 e. The number of fused-ring (bicyclic) bond motifs is 1. The van der Waals surface area contributed by atoms with E-state index in [0.29, 0.717) is 35.5 Å². The second-order valence-electron chi connectivity index (χ2n) is 4.33. The monoisotopic (exact) mass is 298 g/mol. The smallest absolute Gasteiger partial charge is 0.162 e. The Hall–Kier alpha value is -1.32. The summed E-state index contributed by atoms with van der Waals surface area (Å²) in [6, 6.07) is 7.26. The lowest BCUT2D eigenvalue weighted by Gasteiger charge is -2.20. The molecule has 5 heteroatoms. The second-order valence-corrected chi connectivity index (χ2v) is 5.17. The lowest BCUT2D eigenvalue weighted by Crippen LogP contribution is -2.15. The van der Waals surface area contributed by atoms with Crippen LogP contribution in [0.5, 0.6) is 11.5 Å². The number of hydrogen-bond donors (Lipinski definition) is 0. The van der Waals surface area contributed by atoms with Gasteiger partial charge in [0.2, 0.25) is 0 Å². The molecule has 1 aromatic heterocycles. The molecule has 0 N–H and O–H groups in total. The normalized spacial score (nSPS) is 15.3. The highest BCUT2D eigenvalue weighted by Gasteiger charge is 2.22. The maximum absolute atomic E-state index is 6.42. The fourth-order valence-electron chi connectivity index (χ4n) is 2.02. The van der Waals surface area contributed by atoms with Gasteiger partial charge in [0, 0.05) is 16.7 Å². The third kappa shape index (κ3) is 2.40. The van der Waals surface area contributed by atoms with E-state index in [-0.39, 0.29) is 0 Å². The summed E-state index contributed by atoms with van der Waals surface area (Å²) in [5.41, 5.74) is 0.752. The van der Waals surface area contributed by atoms with Crippen LogP contribution in [0, 0.1) is 6.92 Å². The minimum absolute atomic E-state index is 0.447. The fourth-order valence-corrected chi connectivity index (χ4v) is 2.63. The van der Waals surface area contributed by atoms with Crippen LogP contribution in [-0.4, -0.2) is 13.2 Å². The van der Waals surface area contributed by atoms with Gasteiger partial charge in [-0.25, -0.2) is 0 Å². The van der Waals surface area contributed by atoms with Crippen LogP contribution in [0.2, 0.25) is 5.02 Å². The van der Waals surface area contributed by atoms with Crippen molar-refractivity contribution < 1.29 is 13.9 Å². The minimum atomic E-state index is -0.447. The summed E-state index contributed by atoms with van der Waals surface area (Å²) < 4.78 is 16.5. The van der Waals surface area contributed by atoms with E-state index in [1.807, 2.05) is 25.1 Å². The van der Waals surface area contributed by atoms with Gasteiger partial charge in [-0.1, -0.05) is 11.6 Å². The number of aryl methyl sites for hydroxylation is 1. The molecule has 0 fully saturated rings. The zero-order valence-corrected chi connectivity index (χ0v) is 11.8. The van der Waals surface area contributed by atoms with Gasteiger partial charge >= 0.3 is 0 Å². The third-order valence-electron chi connectivity index (χ3n) is 2.95. The maximum Gasteiger partial charge on any atom is 0.162 e. The molecule has 1 aromatic carbocycles. The lowest BCUT2D eigenvalue weighted by atomic mass is 10.1.